The second-order valence-corrected chi connectivity index (χ2v) is 3.15. The highest BCUT2D eigenvalue weighted by Crippen LogP contribution is 2.07. The Kier molecular flexibility index (Phi) is 2.72. The third kappa shape index (κ3) is 2.39. The van der Waals surface area contributed by atoms with E-state index in [0.29, 0.717) is 18.5 Å². The van der Waals surface area contributed by atoms with Gasteiger partial charge in [-0.25, -0.2) is 4.98 Å². The molecule has 13 heavy (non-hydrogen) atoms. The largest absolute Gasteiger partial charge is 0.475 e. The molecule has 1 unspecified atom stereocenters. The first-order valence-corrected chi connectivity index (χ1v) is 4.57. The van der Waals surface area contributed by atoms with Crippen molar-refractivity contribution in [2.75, 3.05) is 13.2 Å². The van der Waals surface area contributed by atoms with Gasteiger partial charge in [-0.1, -0.05) is 0 Å². The maximum absolute atomic E-state index is 5.45. The van der Waals surface area contributed by atoms with Gasteiger partial charge < -0.3 is 10.1 Å². The first-order valence-electron chi connectivity index (χ1n) is 4.57. The van der Waals surface area contributed by atoms with Crippen LogP contribution in [0.5, 0.6) is 5.88 Å². The fourth-order valence-electron chi connectivity index (χ4n) is 1.44. The van der Waals surface area contributed by atoms with Gasteiger partial charge >= 0.3 is 0 Å². The Morgan fingerprint density at radius 3 is 3.23 bits per heavy atom. The molecule has 2 heterocycles. The molecule has 0 bridgehead atoms. The fraction of sp³-hybridized carbons (Fsp3) is 0.556. The monoisotopic (exact) mass is 179 g/mol. The first-order chi connectivity index (χ1) is 6.45. The normalized spacial score (nSPS) is 21.7. The Morgan fingerprint density at radius 2 is 2.54 bits per heavy atom. The van der Waals surface area contributed by atoms with E-state index in [0.717, 1.165) is 6.54 Å². The summed E-state index contributed by atoms with van der Waals surface area (Å²) in [5, 5.41) is 3.35. The van der Waals surface area contributed by atoms with E-state index in [1.165, 1.54) is 12.8 Å². The first kappa shape index (κ1) is 8.44. The van der Waals surface area contributed by atoms with E-state index in [4.69, 9.17) is 4.74 Å². The van der Waals surface area contributed by atoms with E-state index < -0.39 is 0 Å². The van der Waals surface area contributed by atoms with Crippen molar-refractivity contribution < 1.29 is 4.74 Å². The Morgan fingerprint density at radius 1 is 1.54 bits per heavy atom. The zero-order valence-electron chi connectivity index (χ0n) is 7.44. The van der Waals surface area contributed by atoms with Crippen LogP contribution in [-0.4, -0.2) is 29.2 Å². The molecule has 0 spiro atoms. The molecule has 0 amide bonds. The number of nitrogens with zero attached hydrogens (tertiary/aromatic N) is 2. The smallest absolute Gasteiger partial charge is 0.232 e. The summed E-state index contributed by atoms with van der Waals surface area (Å²) in [6, 6.07) is 0.488. The Balaban J connectivity index is 1.79. The van der Waals surface area contributed by atoms with Crippen LogP contribution in [-0.2, 0) is 0 Å². The van der Waals surface area contributed by atoms with Crippen molar-refractivity contribution in [1.29, 1.82) is 0 Å². The molecule has 1 aromatic rings. The molecule has 4 heteroatoms. The molecule has 0 aliphatic carbocycles. The minimum absolute atomic E-state index is 0.488. The van der Waals surface area contributed by atoms with Crippen molar-refractivity contribution in [3.63, 3.8) is 0 Å². The predicted octanol–water partition coefficient (Wildman–Crippen LogP) is 0.607. The molecule has 1 aliphatic heterocycles. The molecule has 2 rings (SSSR count). The summed E-state index contributed by atoms with van der Waals surface area (Å²) in [5.41, 5.74) is 0. The van der Waals surface area contributed by atoms with Crippen LogP contribution in [0.3, 0.4) is 0 Å². The third-order valence-corrected chi connectivity index (χ3v) is 2.13. The molecule has 1 N–H and O–H groups in total. The van der Waals surface area contributed by atoms with Crippen molar-refractivity contribution in [2.24, 2.45) is 0 Å². The number of hydrogen-bond donors (Lipinski definition) is 1. The molecule has 1 saturated heterocycles. The zero-order chi connectivity index (χ0) is 8.93. The van der Waals surface area contributed by atoms with Gasteiger partial charge in [0.25, 0.3) is 0 Å². The lowest BCUT2D eigenvalue weighted by atomic mass is 10.2. The van der Waals surface area contributed by atoms with Crippen LogP contribution in [0.2, 0.25) is 0 Å². The van der Waals surface area contributed by atoms with Gasteiger partial charge in [0.15, 0.2) is 0 Å². The van der Waals surface area contributed by atoms with Crippen LogP contribution in [0.25, 0.3) is 0 Å². The lowest BCUT2D eigenvalue weighted by Gasteiger charge is -2.10. The van der Waals surface area contributed by atoms with Gasteiger partial charge in [-0.05, 0) is 19.4 Å². The predicted molar refractivity (Wildman–Crippen MR) is 48.6 cm³/mol. The topological polar surface area (TPSA) is 47.0 Å². The molecule has 1 aromatic heterocycles. The maximum atomic E-state index is 5.45. The van der Waals surface area contributed by atoms with Gasteiger partial charge in [0.1, 0.15) is 6.61 Å². The molecule has 0 saturated carbocycles. The summed E-state index contributed by atoms with van der Waals surface area (Å²) < 4.78 is 5.45. The van der Waals surface area contributed by atoms with Gasteiger partial charge in [0.05, 0.1) is 6.20 Å². The lowest BCUT2D eigenvalue weighted by Crippen LogP contribution is -2.28. The van der Waals surface area contributed by atoms with Gasteiger partial charge in [-0.3, -0.25) is 4.98 Å². The molecule has 1 aliphatic rings. The Labute approximate surface area is 77.4 Å². The quantitative estimate of drug-likeness (QED) is 0.738. The van der Waals surface area contributed by atoms with E-state index in [9.17, 15) is 0 Å². The number of nitrogens with one attached hydrogen (secondary N) is 1. The molecule has 1 atom stereocenters. The summed E-state index contributed by atoms with van der Waals surface area (Å²) in [6.07, 6.45) is 7.35. The third-order valence-electron chi connectivity index (χ3n) is 2.13. The number of hydrogen-bond acceptors (Lipinski definition) is 4. The van der Waals surface area contributed by atoms with Crippen LogP contribution in [0.4, 0.5) is 0 Å². The van der Waals surface area contributed by atoms with Crippen molar-refractivity contribution in [3.8, 4) is 5.88 Å². The van der Waals surface area contributed by atoms with E-state index in [1.807, 2.05) is 0 Å². The van der Waals surface area contributed by atoms with Gasteiger partial charge in [0.2, 0.25) is 5.88 Å². The molecular weight excluding hydrogens is 166 g/mol. The van der Waals surface area contributed by atoms with Crippen LogP contribution in [0.1, 0.15) is 12.8 Å². The molecule has 4 nitrogen and oxygen atoms in total. The minimum Gasteiger partial charge on any atom is -0.475 e. The standard InChI is InChI=1S/C9H13N3O/c1-2-8(11-3-1)7-13-9-6-10-4-5-12-9/h4-6,8,11H,1-3,7H2. The Bertz CT molecular complexity index is 246. The highest BCUT2D eigenvalue weighted by Gasteiger charge is 2.14. The molecule has 70 valence electrons. The Hall–Kier alpha value is -1.16. The zero-order valence-corrected chi connectivity index (χ0v) is 7.44. The second-order valence-electron chi connectivity index (χ2n) is 3.15. The average molecular weight is 179 g/mol. The highest BCUT2D eigenvalue weighted by atomic mass is 16.5. The summed E-state index contributed by atoms with van der Waals surface area (Å²) in [7, 11) is 0. The van der Waals surface area contributed by atoms with E-state index in [1.54, 1.807) is 18.6 Å². The summed E-state index contributed by atoms with van der Waals surface area (Å²) in [4.78, 5) is 7.95. The highest BCUT2D eigenvalue weighted by molar-refractivity contribution is 5.01. The van der Waals surface area contributed by atoms with Crippen molar-refractivity contribution in [1.82, 2.24) is 15.3 Å². The van der Waals surface area contributed by atoms with Gasteiger partial charge in [0, 0.05) is 18.4 Å². The summed E-state index contributed by atoms with van der Waals surface area (Å²) in [5.74, 6) is 0.608. The van der Waals surface area contributed by atoms with E-state index in [2.05, 4.69) is 15.3 Å². The number of rotatable bonds is 3. The molecular formula is C9H13N3O. The van der Waals surface area contributed by atoms with Crippen LogP contribution < -0.4 is 10.1 Å². The number of ether oxygens (including phenoxy) is 1. The van der Waals surface area contributed by atoms with Gasteiger partial charge in [-0.2, -0.15) is 0 Å². The summed E-state index contributed by atoms with van der Waals surface area (Å²) in [6.45, 7) is 1.80. The maximum Gasteiger partial charge on any atom is 0.232 e. The summed E-state index contributed by atoms with van der Waals surface area (Å²) >= 11 is 0. The minimum atomic E-state index is 0.488. The van der Waals surface area contributed by atoms with Crippen molar-refractivity contribution >= 4 is 0 Å². The number of aromatic nitrogens is 2. The van der Waals surface area contributed by atoms with Crippen molar-refractivity contribution in [3.05, 3.63) is 18.6 Å². The van der Waals surface area contributed by atoms with E-state index in [-0.39, 0.29) is 0 Å². The van der Waals surface area contributed by atoms with E-state index >= 15 is 0 Å². The van der Waals surface area contributed by atoms with Gasteiger partial charge in [-0.15, -0.1) is 0 Å². The average Bonchev–Trinajstić information content (AvgIpc) is 2.69. The van der Waals surface area contributed by atoms with Crippen LogP contribution in [0.15, 0.2) is 18.6 Å². The van der Waals surface area contributed by atoms with Crippen LogP contribution >= 0.6 is 0 Å². The fourth-order valence-corrected chi connectivity index (χ4v) is 1.44. The molecule has 0 aromatic carbocycles. The molecule has 0 radical (unpaired) electrons. The SMILES string of the molecule is c1cnc(OCC2CCCN2)cn1. The van der Waals surface area contributed by atoms with Crippen LogP contribution in [0, 0.1) is 0 Å². The second kappa shape index (κ2) is 4.18. The lowest BCUT2D eigenvalue weighted by molar-refractivity contribution is 0.266. The van der Waals surface area contributed by atoms with Crippen molar-refractivity contribution in [2.45, 2.75) is 18.9 Å². The molecule has 1 fully saturated rings.